The molecule has 2 nitrogen and oxygen atoms in total. The number of unbranched alkanes of at least 4 members (excludes halogenated alkanes) is 1. The molecule has 1 N–H and O–H groups in total. The normalized spacial score (nSPS) is 13.0. The van der Waals surface area contributed by atoms with Gasteiger partial charge in [0.1, 0.15) is 0 Å². The summed E-state index contributed by atoms with van der Waals surface area (Å²) < 4.78 is 0. The van der Waals surface area contributed by atoms with Crippen LogP contribution in [-0.2, 0) is 4.79 Å². The van der Waals surface area contributed by atoms with Crippen LogP contribution in [-0.4, -0.2) is 11.8 Å². The molecular formula is C17H26ClNO. The Balaban J connectivity index is 2.66. The van der Waals surface area contributed by atoms with Crippen LogP contribution < -0.4 is 5.32 Å². The van der Waals surface area contributed by atoms with Gasteiger partial charge in [0.25, 0.3) is 0 Å². The van der Waals surface area contributed by atoms with Crippen LogP contribution in [0.15, 0.2) is 30.3 Å². The van der Waals surface area contributed by atoms with E-state index in [0.717, 1.165) is 19.3 Å². The molecule has 0 heterocycles. The Labute approximate surface area is 127 Å². The maximum absolute atomic E-state index is 12.0. The molecule has 3 heteroatoms. The predicted octanol–water partition coefficient (Wildman–Crippen LogP) is 4.69. The van der Waals surface area contributed by atoms with E-state index in [1.807, 2.05) is 18.2 Å². The Hall–Kier alpha value is -1.02. The lowest BCUT2D eigenvalue weighted by atomic mass is 9.85. The van der Waals surface area contributed by atoms with Crippen LogP contribution in [0.4, 0.5) is 0 Å². The molecule has 1 rings (SSSR count). The van der Waals surface area contributed by atoms with Crippen molar-refractivity contribution in [1.29, 1.82) is 0 Å². The monoisotopic (exact) mass is 295 g/mol. The highest BCUT2D eigenvalue weighted by molar-refractivity contribution is 6.17. The maximum atomic E-state index is 12.0. The molecule has 112 valence electrons. The second-order valence-electron chi connectivity index (χ2n) is 6.44. The molecule has 0 bridgehead atoms. The predicted molar refractivity (Wildman–Crippen MR) is 86.0 cm³/mol. The first kappa shape index (κ1) is 17.0. The fourth-order valence-corrected chi connectivity index (χ4v) is 2.39. The number of nitrogens with one attached hydrogen (secondary N) is 1. The number of benzene rings is 1. The highest BCUT2D eigenvalue weighted by Crippen LogP contribution is 2.29. The van der Waals surface area contributed by atoms with Gasteiger partial charge in [0.2, 0.25) is 5.91 Å². The number of rotatable bonds is 7. The summed E-state index contributed by atoms with van der Waals surface area (Å²) >= 11 is 5.64. The molecule has 1 aromatic carbocycles. The van der Waals surface area contributed by atoms with Crippen LogP contribution >= 0.6 is 11.6 Å². The third-order valence-electron chi connectivity index (χ3n) is 3.14. The van der Waals surface area contributed by atoms with Crippen LogP contribution in [0.5, 0.6) is 0 Å². The van der Waals surface area contributed by atoms with Gasteiger partial charge >= 0.3 is 0 Å². The molecule has 0 fully saturated rings. The van der Waals surface area contributed by atoms with Gasteiger partial charge < -0.3 is 5.32 Å². The highest BCUT2D eigenvalue weighted by atomic mass is 35.5. The van der Waals surface area contributed by atoms with Gasteiger partial charge in [0.05, 0.1) is 6.04 Å². The maximum Gasteiger partial charge on any atom is 0.220 e. The Morgan fingerprint density at radius 3 is 2.40 bits per heavy atom. The van der Waals surface area contributed by atoms with E-state index >= 15 is 0 Å². The van der Waals surface area contributed by atoms with Gasteiger partial charge in [0.15, 0.2) is 0 Å². The summed E-state index contributed by atoms with van der Waals surface area (Å²) in [6.45, 7) is 6.59. The molecule has 0 spiro atoms. The minimum atomic E-state index is 0.0831. The number of carbonyl (C=O) groups excluding carboxylic acids is 1. The van der Waals surface area contributed by atoms with Gasteiger partial charge in [0, 0.05) is 12.3 Å². The largest absolute Gasteiger partial charge is 0.349 e. The molecule has 0 aliphatic heterocycles. The fourth-order valence-electron chi connectivity index (χ4n) is 2.20. The molecule has 0 saturated carbocycles. The summed E-state index contributed by atoms with van der Waals surface area (Å²) in [5.41, 5.74) is 1.34. The summed E-state index contributed by atoms with van der Waals surface area (Å²) in [5, 5.41) is 3.17. The van der Waals surface area contributed by atoms with E-state index in [1.165, 1.54) is 5.56 Å². The van der Waals surface area contributed by atoms with E-state index in [1.54, 1.807) is 0 Å². The molecule has 20 heavy (non-hydrogen) atoms. The number of hydrogen-bond donors (Lipinski definition) is 1. The zero-order chi connectivity index (χ0) is 15.0. The summed E-state index contributed by atoms with van der Waals surface area (Å²) in [5.74, 6) is 0.741. The van der Waals surface area contributed by atoms with Crippen molar-refractivity contribution in [3.8, 4) is 0 Å². The zero-order valence-corrected chi connectivity index (χ0v) is 13.5. The van der Waals surface area contributed by atoms with Crippen LogP contribution in [0.25, 0.3) is 0 Å². The number of carbonyl (C=O) groups is 1. The first-order valence-corrected chi connectivity index (χ1v) is 7.86. The van der Waals surface area contributed by atoms with Crippen LogP contribution in [0, 0.1) is 5.41 Å². The van der Waals surface area contributed by atoms with Crippen molar-refractivity contribution in [3.05, 3.63) is 35.9 Å². The molecule has 0 saturated heterocycles. The SMILES string of the molecule is CC(C)(C)CC(NC(=O)CCCCCl)c1ccccc1. The van der Waals surface area contributed by atoms with Gasteiger partial charge in [-0.25, -0.2) is 0 Å². The molecule has 0 aliphatic carbocycles. The quantitative estimate of drug-likeness (QED) is 0.574. The molecule has 1 amide bonds. The van der Waals surface area contributed by atoms with Crippen molar-refractivity contribution in [2.75, 3.05) is 5.88 Å². The van der Waals surface area contributed by atoms with Crippen molar-refractivity contribution >= 4 is 17.5 Å². The van der Waals surface area contributed by atoms with Gasteiger partial charge in [-0.05, 0) is 30.2 Å². The minimum Gasteiger partial charge on any atom is -0.349 e. The Bertz CT molecular complexity index is 397. The van der Waals surface area contributed by atoms with Crippen molar-refractivity contribution < 1.29 is 4.79 Å². The summed E-state index contributed by atoms with van der Waals surface area (Å²) in [6.07, 6.45) is 3.23. The Morgan fingerprint density at radius 1 is 1.20 bits per heavy atom. The molecule has 0 aliphatic rings. The summed E-state index contributed by atoms with van der Waals surface area (Å²) in [6, 6.07) is 10.3. The standard InChI is InChI=1S/C17H26ClNO/c1-17(2,3)13-15(14-9-5-4-6-10-14)19-16(20)11-7-8-12-18/h4-6,9-10,15H,7-8,11-13H2,1-3H3,(H,19,20). The number of amides is 1. The molecule has 1 atom stereocenters. The molecule has 0 radical (unpaired) electrons. The molecule has 1 aromatic rings. The average Bonchev–Trinajstić information content (AvgIpc) is 2.38. The van der Waals surface area contributed by atoms with Crippen LogP contribution in [0.2, 0.25) is 0 Å². The van der Waals surface area contributed by atoms with Gasteiger partial charge in [-0.3, -0.25) is 4.79 Å². The van der Waals surface area contributed by atoms with Crippen molar-refractivity contribution in [1.82, 2.24) is 5.32 Å². The van der Waals surface area contributed by atoms with E-state index in [0.29, 0.717) is 12.3 Å². The van der Waals surface area contributed by atoms with Gasteiger partial charge in [-0.2, -0.15) is 0 Å². The molecule has 0 aromatic heterocycles. The topological polar surface area (TPSA) is 29.1 Å². The second-order valence-corrected chi connectivity index (χ2v) is 6.82. The van der Waals surface area contributed by atoms with Crippen molar-refractivity contribution in [2.24, 2.45) is 5.41 Å². The highest BCUT2D eigenvalue weighted by Gasteiger charge is 2.21. The van der Waals surface area contributed by atoms with E-state index in [2.05, 4.69) is 38.2 Å². The number of alkyl halides is 1. The van der Waals surface area contributed by atoms with Crippen molar-refractivity contribution in [2.45, 2.75) is 52.5 Å². The van der Waals surface area contributed by atoms with Gasteiger partial charge in [-0.15, -0.1) is 11.6 Å². The Morgan fingerprint density at radius 2 is 1.85 bits per heavy atom. The van der Waals surface area contributed by atoms with E-state index in [9.17, 15) is 4.79 Å². The lowest BCUT2D eigenvalue weighted by Gasteiger charge is -2.27. The third-order valence-corrected chi connectivity index (χ3v) is 3.41. The first-order chi connectivity index (χ1) is 9.42. The second kappa shape index (κ2) is 8.31. The number of halogens is 1. The zero-order valence-electron chi connectivity index (χ0n) is 12.8. The lowest BCUT2D eigenvalue weighted by Crippen LogP contribution is -2.31. The van der Waals surface area contributed by atoms with Crippen LogP contribution in [0.3, 0.4) is 0 Å². The Kier molecular flexibility index (Phi) is 7.08. The molecular weight excluding hydrogens is 270 g/mol. The number of hydrogen-bond acceptors (Lipinski definition) is 1. The van der Waals surface area contributed by atoms with Crippen LogP contribution in [0.1, 0.15) is 58.1 Å². The van der Waals surface area contributed by atoms with E-state index < -0.39 is 0 Å². The first-order valence-electron chi connectivity index (χ1n) is 7.32. The van der Waals surface area contributed by atoms with Gasteiger partial charge in [-0.1, -0.05) is 51.1 Å². The average molecular weight is 296 g/mol. The smallest absolute Gasteiger partial charge is 0.220 e. The summed E-state index contributed by atoms with van der Waals surface area (Å²) in [7, 11) is 0. The minimum absolute atomic E-state index is 0.0831. The fraction of sp³-hybridized carbons (Fsp3) is 0.588. The molecule has 1 unspecified atom stereocenters. The van der Waals surface area contributed by atoms with E-state index in [-0.39, 0.29) is 17.4 Å². The van der Waals surface area contributed by atoms with Crippen molar-refractivity contribution in [3.63, 3.8) is 0 Å². The summed E-state index contributed by atoms with van der Waals surface area (Å²) in [4.78, 5) is 12.0. The van der Waals surface area contributed by atoms with E-state index in [4.69, 9.17) is 11.6 Å². The third kappa shape index (κ3) is 6.95. The lowest BCUT2D eigenvalue weighted by molar-refractivity contribution is -0.122.